The van der Waals surface area contributed by atoms with Gasteiger partial charge in [-0.05, 0) is 24.3 Å². The van der Waals surface area contributed by atoms with E-state index in [4.69, 9.17) is 9.84 Å². The molecular weight excluding hydrogens is 242 g/mol. The van der Waals surface area contributed by atoms with Gasteiger partial charge in [-0.15, -0.1) is 11.3 Å². The van der Waals surface area contributed by atoms with E-state index in [-0.39, 0.29) is 12.0 Å². The van der Waals surface area contributed by atoms with Crippen LogP contribution in [0.25, 0.3) is 0 Å². The van der Waals surface area contributed by atoms with Crippen molar-refractivity contribution < 1.29 is 19.4 Å². The minimum Gasteiger partial charge on any atom is -0.479 e. The molecule has 1 aromatic rings. The fourth-order valence-electron chi connectivity index (χ4n) is 1.74. The van der Waals surface area contributed by atoms with Crippen molar-refractivity contribution in [2.24, 2.45) is 0 Å². The molecule has 1 aliphatic rings. The van der Waals surface area contributed by atoms with Gasteiger partial charge in [-0.3, -0.25) is 4.79 Å². The molecule has 1 fully saturated rings. The van der Waals surface area contributed by atoms with Gasteiger partial charge < -0.3 is 15.2 Å². The average molecular weight is 255 g/mol. The van der Waals surface area contributed by atoms with Crippen molar-refractivity contribution >= 4 is 23.2 Å². The monoisotopic (exact) mass is 255 g/mol. The van der Waals surface area contributed by atoms with Gasteiger partial charge in [-0.25, -0.2) is 4.79 Å². The molecule has 0 saturated carbocycles. The van der Waals surface area contributed by atoms with Crippen LogP contribution in [0.5, 0.6) is 0 Å². The second kappa shape index (κ2) is 5.29. The number of hydrogen-bond donors (Lipinski definition) is 2. The highest BCUT2D eigenvalue weighted by Gasteiger charge is 2.30. The maximum absolute atomic E-state index is 11.6. The van der Waals surface area contributed by atoms with Crippen molar-refractivity contribution in [1.29, 1.82) is 0 Å². The molecule has 92 valence electrons. The number of ether oxygens (including phenoxy) is 1. The van der Waals surface area contributed by atoms with Crippen LogP contribution in [0.4, 0.5) is 0 Å². The van der Waals surface area contributed by atoms with Crippen LogP contribution in [0.2, 0.25) is 0 Å². The summed E-state index contributed by atoms with van der Waals surface area (Å²) < 4.78 is 5.28. The lowest BCUT2D eigenvalue weighted by molar-refractivity contribution is -0.149. The molecule has 0 radical (unpaired) electrons. The van der Waals surface area contributed by atoms with E-state index in [1.54, 1.807) is 6.07 Å². The van der Waals surface area contributed by atoms with Gasteiger partial charge >= 0.3 is 5.97 Å². The molecule has 2 heterocycles. The van der Waals surface area contributed by atoms with Crippen LogP contribution in [0.1, 0.15) is 22.5 Å². The quantitative estimate of drug-likeness (QED) is 0.845. The Hall–Kier alpha value is -1.40. The normalized spacial score (nSPS) is 23.5. The van der Waals surface area contributed by atoms with Crippen LogP contribution in [0.3, 0.4) is 0 Å². The molecule has 5 nitrogen and oxygen atoms in total. The molecule has 2 N–H and O–H groups in total. The van der Waals surface area contributed by atoms with Crippen LogP contribution >= 0.6 is 11.3 Å². The smallest absolute Gasteiger partial charge is 0.332 e. The van der Waals surface area contributed by atoms with E-state index in [9.17, 15) is 9.59 Å². The van der Waals surface area contributed by atoms with E-state index in [0.29, 0.717) is 24.3 Å². The van der Waals surface area contributed by atoms with E-state index in [1.807, 2.05) is 11.4 Å². The zero-order chi connectivity index (χ0) is 12.3. The molecule has 2 unspecified atom stereocenters. The van der Waals surface area contributed by atoms with Crippen molar-refractivity contribution in [2.45, 2.75) is 25.0 Å². The molecule has 2 atom stereocenters. The maximum atomic E-state index is 11.6. The molecule has 0 spiro atoms. The molecule has 1 saturated heterocycles. The number of rotatable bonds is 4. The molecule has 0 aromatic carbocycles. The van der Waals surface area contributed by atoms with Gasteiger partial charge in [0.2, 0.25) is 0 Å². The Morgan fingerprint density at radius 1 is 1.53 bits per heavy atom. The molecule has 1 aliphatic heterocycles. The first-order valence-electron chi connectivity index (χ1n) is 5.37. The minimum atomic E-state index is -0.933. The number of amides is 1. The number of aliphatic carboxylic acids is 1. The lowest BCUT2D eigenvalue weighted by atomic mass is 10.2. The molecule has 1 aromatic heterocycles. The number of thiophene rings is 1. The molecule has 0 aliphatic carbocycles. The van der Waals surface area contributed by atoms with Crippen LogP contribution in [-0.2, 0) is 9.53 Å². The zero-order valence-electron chi connectivity index (χ0n) is 9.09. The lowest BCUT2D eigenvalue weighted by Gasteiger charge is -2.11. The van der Waals surface area contributed by atoms with Crippen molar-refractivity contribution in [3.05, 3.63) is 22.4 Å². The summed E-state index contributed by atoms with van der Waals surface area (Å²) in [4.78, 5) is 22.9. The Balaban J connectivity index is 1.76. The maximum Gasteiger partial charge on any atom is 0.332 e. The molecule has 2 rings (SSSR count). The van der Waals surface area contributed by atoms with Crippen molar-refractivity contribution in [2.75, 3.05) is 6.54 Å². The first-order chi connectivity index (χ1) is 8.16. The van der Waals surface area contributed by atoms with E-state index in [0.717, 1.165) is 0 Å². The number of hydrogen-bond acceptors (Lipinski definition) is 4. The third-order valence-corrected chi connectivity index (χ3v) is 3.49. The second-order valence-electron chi connectivity index (χ2n) is 3.85. The van der Waals surface area contributed by atoms with E-state index >= 15 is 0 Å². The van der Waals surface area contributed by atoms with Crippen LogP contribution in [0, 0.1) is 0 Å². The van der Waals surface area contributed by atoms with Gasteiger partial charge in [0.15, 0.2) is 6.10 Å². The van der Waals surface area contributed by atoms with Crippen LogP contribution in [0.15, 0.2) is 17.5 Å². The van der Waals surface area contributed by atoms with Gasteiger partial charge in [-0.1, -0.05) is 6.07 Å². The summed E-state index contributed by atoms with van der Waals surface area (Å²) in [7, 11) is 0. The van der Waals surface area contributed by atoms with Gasteiger partial charge in [-0.2, -0.15) is 0 Å². The fourth-order valence-corrected chi connectivity index (χ4v) is 2.38. The fraction of sp³-hybridized carbons (Fsp3) is 0.455. The number of nitrogens with one attached hydrogen (secondary N) is 1. The average Bonchev–Trinajstić information content (AvgIpc) is 2.97. The Bertz CT molecular complexity index is 404. The molecular formula is C11H13NO4S. The zero-order valence-corrected chi connectivity index (χ0v) is 9.90. The summed E-state index contributed by atoms with van der Waals surface area (Å²) in [5.74, 6) is -1.07. The van der Waals surface area contributed by atoms with E-state index in [1.165, 1.54) is 11.3 Å². The van der Waals surface area contributed by atoms with Gasteiger partial charge in [0.1, 0.15) is 0 Å². The first kappa shape index (κ1) is 12.1. The van der Waals surface area contributed by atoms with Gasteiger partial charge in [0.25, 0.3) is 5.91 Å². The largest absolute Gasteiger partial charge is 0.479 e. The minimum absolute atomic E-state index is 0.137. The predicted molar refractivity (Wildman–Crippen MR) is 62.2 cm³/mol. The Kier molecular flexibility index (Phi) is 3.75. The molecule has 1 amide bonds. The van der Waals surface area contributed by atoms with E-state index < -0.39 is 12.1 Å². The lowest BCUT2D eigenvalue weighted by Crippen LogP contribution is -2.32. The van der Waals surface area contributed by atoms with E-state index in [2.05, 4.69) is 5.32 Å². The summed E-state index contributed by atoms with van der Waals surface area (Å²) in [6.45, 7) is 0.362. The highest BCUT2D eigenvalue weighted by molar-refractivity contribution is 7.12. The van der Waals surface area contributed by atoms with Crippen molar-refractivity contribution in [3.63, 3.8) is 0 Å². The second-order valence-corrected chi connectivity index (χ2v) is 4.80. The SMILES string of the molecule is O=C(NCC1CCC(C(=O)O)O1)c1cccs1. The standard InChI is InChI=1S/C11H13NO4S/c13-10(9-2-1-5-17-9)12-6-7-3-4-8(16-7)11(14)15/h1-2,5,7-8H,3-4,6H2,(H,12,13)(H,14,15). The number of carbonyl (C=O) groups excluding carboxylic acids is 1. The van der Waals surface area contributed by atoms with Crippen molar-refractivity contribution in [1.82, 2.24) is 5.32 Å². The highest BCUT2D eigenvalue weighted by Crippen LogP contribution is 2.19. The number of carboxylic acid groups (broad SMARTS) is 1. The highest BCUT2D eigenvalue weighted by atomic mass is 32.1. The number of carboxylic acids is 1. The Morgan fingerprint density at radius 3 is 2.94 bits per heavy atom. The van der Waals surface area contributed by atoms with Crippen molar-refractivity contribution in [3.8, 4) is 0 Å². The summed E-state index contributed by atoms with van der Waals surface area (Å²) >= 11 is 1.37. The molecule has 6 heteroatoms. The third kappa shape index (κ3) is 3.04. The van der Waals surface area contributed by atoms with Crippen LogP contribution in [-0.4, -0.2) is 35.7 Å². The Labute approximate surface area is 102 Å². The van der Waals surface area contributed by atoms with Crippen LogP contribution < -0.4 is 5.32 Å². The first-order valence-corrected chi connectivity index (χ1v) is 6.25. The Morgan fingerprint density at radius 2 is 2.35 bits per heavy atom. The number of carbonyl (C=O) groups is 2. The predicted octanol–water partition coefficient (Wildman–Crippen LogP) is 1.11. The summed E-state index contributed by atoms with van der Waals surface area (Å²) in [6.07, 6.45) is 0.259. The topological polar surface area (TPSA) is 75.6 Å². The van der Waals surface area contributed by atoms with Gasteiger partial charge in [0, 0.05) is 6.54 Å². The summed E-state index contributed by atoms with van der Waals surface area (Å²) in [5, 5.41) is 13.3. The summed E-state index contributed by atoms with van der Waals surface area (Å²) in [6, 6.07) is 3.56. The third-order valence-electron chi connectivity index (χ3n) is 2.62. The van der Waals surface area contributed by atoms with Gasteiger partial charge in [0.05, 0.1) is 11.0 Å². The molecule has 0 bridgehead atoms. The molecule has 17 heavy (non-hydrogen) atoms. The summed E-state index contributed by atoms with van der Waals surface area (Å²) in [5.41, 5.74) is 0.